The second kappa shape index (κ2) is 8.96. The Morgan fingerprint density at radius 2 is 0.969 bits per heavy atom. The van der Waals surface area contributed by atoms with Gasteiger partial charge in [-0.25, -0.2) is 13.2 Å². The molecule has 0 bridgehead atoms. The minimum absolute atomic E-state index is 0.257. The van der Waals surface area contributed by atoms with E-state index in [0.717, 1.165) is 0 Å². The Morgan fingerprint density at radius 1 is 0.531 bits per heavy atom. The average Bonchev–Trinajstić information content (AvgIpc) is 3.22. The van der Waals surface area contributed by atoms with Crippen LogP contribution in [0.2, 0.25) is 0 Å². The van der Waals surface area contributed by atoms with Crippen LogP contribution in [0, 0.1) is 17.5 Å². The number of ether oxygens (including phenoxy) is 3. The van der Waals surface area contributed by atoms with Crippen molar-refractivity contribution in [3.63, 3.8) is 0 Å². The number of thiophene rings is 1. The van der Waals surface area contributed by atoms with Crippen molar-refractivity contribution < 1.29 is 27.4 Å². The summed E-state index contributed by atoms with van der Waals surface area (Å²) in [6, 6.07) is 15.1. The van der Waals surface area contributed by atoms with Crippen molar-refractivity contribution in [3.8, 4) is 49.3 Å². The highest BCUT2D eigenvalue weighted by Crippen LogP contribution is 2.46. The lowest BCUT2D eigenvalue weighted by atomic mass is 10.00. The van der Waals surface area contributed by atoms with E-state index < -0.39 is 17.5 Å². The van der Waals surface area contributed by atoms with Gasteiger partial charge in [0.25, 0.3) is 0 Å². The van der Waals surface area contributed by atoms with Gasteiger partial charge in [0.05, 0.1) is 21.3 Å². The van der Waals surface area contributed by atoms with Crippen molar-refractivity contribution in [2.24, 2.45) is 0 Å². The van der Waals surface area contributed by atoms with Gasteiger partial charge in [0.1, 0.15) is 34.7 Å². The molecule has 0 saturated heterocycles. The normalized spacial score (nSPS) is 10.8. The molecule has 32 heavy (non-hydrogen) atoms. The Hall–Kier alpha value is -3.45. The van der Waals surface area contributed by atoms with Crippen LogP contribution in [-0.2, 0) is 0 Å². The Kier molecular flexibility index (Phi) is 6.10. The van der Waals surface area contributed by atoms with Gasteiger partial charge in [0, 0.05) is 50.2 Å². The molecule has 0 spiro atoms. The van der Waals surface area contributed by atoms with E-state index in [-0.39, 0.29) is 11.1 Å². The van der Waals surface area contributed by atoms with Crippen LogP contribution in [0.4, 0.5) is 13.2 Å². The molecule has 7 heteroatoms. The van der Waals surface area contributed by atoms with Crippen LogP contribution in [0.15, 0.2) is 60.7 Å². The van der Waals surface area contributed by atoms with E-state index in [9.17, 15) is 13.2 Å². The smallest absolute Gasteiger partial charge is 0.135 e. The van der Waals surface area contributed by atoms with Gasteiger partial charge in [-0.05, 0) is 42.5 Å². The van der Waals surface area contributed by atoms with E-state index >= 15 is 0 Å². The molecular weight excluding hydrogens is 437 g/mol. The number of rotatable bonds is 6. The van der Waals surface area contributed by atoms with Crippen molar-refractivity contribution >= 4 is 11.3 Å². The van der Waals surface area contributed by atoms with E-state index in [1.54, 1.807) is 42.5 Å². The molecule has 0 aliphatic rings. The largest absolute Gasteiger partial charge is 0.497 e. The third-order valence-electron chi connectivity index (χ3n) is 5.06. The fourth-order valence-electron chi connectivity index (χ4n) is 3.39. The molecule has 0 N–H and O–H groups in total. The van der Waals surface area contributed by atoms with Crippen LogP contribution < -0.4 is 14.2 Å². The van der Waals surface area contributed by atoms with E-state index in [2.05, 4.69) is 0 Å². The summed E-state index contributed by atoms with van der Waals surface area (Å²) < 4.78 is 59.9. The molecule has 3 nitrogen and oxygen atoms in total. The minimum Gasteiger partial charge on any atom is -0.497 e. The average molecular weight is 456 g/mol. The van der Waals surface area contributed by atoms with Gasteiger partial charge in [-0.3, -0.25) is 0 Å². The lowest BCUT2D eigenvalue weighted by molar-refractivity contribution is 0.411. The number of hydrogen-bond acceptors (Lipinski definition) is 4. The summed E-state index contributed by atoms with van der Waals surface area (Å²) in [5.41, 5.74) is 1.28. The molecule has 0 saturated carbocycles. The van der Waals surface area contributed by atoms with Gasteiger partial charge in [-0.15, -0.1) is 11.3 Å². The first-order valence-electron chi connectivity index (χ1n) is 9.60. The van der Waals surface area contributed by atoms with Crippen molar-refractivity contribution in [3.05, 3.63) is 78.1 Å². The Balaban J connectivity index is 1.94. The number of halogens is 3. The molecule has 4 rings (SSSR count). The summed E-state index contributed by atoms with van der Waals surface area (Å²) in [5, 5.41) is 0. The zero-order valence-corrected chi connectivity index (χ0v) is 18.4. The molecule has 164 valence electrons. The number of hydrogen-bond donors (Lipinski definition) is 0. The van der Waals surface area contributed by atoms with Crippen LogP contribution in [-0.4, -0.2) is 21.3 Å². The van der Waals surface area contributed by atoms with Gasteiger partial charge in [-0.2, -0.15) is 0 Å². The van der Waals surface area contributed by atoms with Crippen molar-refractivity contribution in [1.29, 1.82) is 0 Å². The van der Waals surface area contributed by atoms with E-state index in [1.165, 1.54) is 50.9 Å². The lowest BCUT2D eigenvalue weighted by Gasteiger charge is -2.09. The Morgan fingerprint density at radius 3 is 1.41 bits per heavy atom. The van der Waals surface area contributed by atoms with Crippen LogP contribution >= 0.6 is 11.3 Å². The molecule has 0 aliphatic heterocycles. The topological polar surface area (TPSA) is 27.7 Å². The molecular formula is C25H19F3O3S. The highest BCUT2D eigenvalue weighted by Gasteiger charge is 2.21. The second-order valence-electron chi connectivity index (χ2n) is 6.89. The molecule has 1 aromatic heterocycles. The van der Waals surface area contributed by atoms with E-state index in [0.29, 0.717) is 38.1 Å². The third-order valence-corrected chi connectivity index (χ3v) is 6.26. The summed E-state index contributed by atoms with van der Waals surface area (Å²) in [7, 11) is 4.35. The maximum Gasteiger partial charge on any atom is 0.135 e. The maximum absolute atomic E-state index is 14.9. The fraction of sp³-hybridized carbons (Fsp3) is 0.120. The number of benzene rings is 3. The summed E-state index contributed by atoms with van der Waals surface area (Å²) in [6.07, 6.45) is 0. The summed E-state index contributed by atoms with van der Waals surface area (Å²) in [6.45, 7) is 0. The predicted molar refractivity (Wildman–Crippen MR) is 120 cm³/mol. The SMILES string of the molecule is COc1ccc(-c2cc(-c3ccc(OC)cc3F)c(-c3ccc(OC)cc3F)s2)c(F)c1. The minimum atomic E-state index is -0.529. The van der Waals surface area contributed by atoms with Crippen molar-refractivity contribution in [1.82, 2.24) is 0 Å². The van der Waals surface area contributed by atoms with Gasteiger partial charge >= 0.3 is 0 Å². The van der Waals surface area contributed by atoms with E-state index in [4.69, 9.17) is 14.2 Å². The van der Waals surface area contributed by atoms with E-state index in [1.807, 2.05) is 0 Å². The maximum atomic E-state index is 14.9. The summed E-state index contributed by atoms with van der Waals surface area (Å²) in [4.78, 5) is 1.00. The first-order valence-corrected chi connectivity index (χ1v) is 10.4. The zero-order chi connectivity index (χ0) is 22.8. The first-order chi connectivity index (χ1) is 15.4. The predicted octanol–water partition coefficient (Wildman–Crippen LogP) is 7.19. The van der Waals surface area contributed by atoms with Crippen LogP contribution in [0.25, 0.3) is 32.0 Å². The fourth-order valence-corrected chi connectivity index (χ4v) is 4.62. The highest BCUT2D eigenvalue weighted by molar-refractivity contribution is 7.19. The molecule has 4 aromatic rings. The molecule has 0 aliphatic carbocycles. The molecule has 0 radical (unpaired) electrons. The summed E-state index contributed by atoms with van der Waals surface area (Å²) in [5.74, 6) is -0.441. The highest BCUT2D eigenvalue weighted by atomic mass is 32.1. The first kappa shape index (κ1) is 21.8. The van der Waals surface area contributed by atoms with Crippen LogP contribution in [0.5, 0.6) is 17.2 Å². The Labute approximate surface area is 187 Å². The summed E-state index contributed by atoms with van der Waals surface area (Å²) >= 11 is 1.17. The van der Waals surface area contributed by atoms with Gasteiger partial charge < -0.3 is 14.2 Å². The second-order valence-corrected chi connectivity index (χ2v) is 7.94. The molecule has 0 atom stereocenters. The number of methoxy groups -OCH3 is 3. The van der Waals surface area contributed by atoms with Crippen molar-refractivity contribution in [2.75, 3.05) is 21.3 Å². The van der Waals surface area contributed by atoms with Gasteiger partial charge in [0.2, 0.25) is 0 Å². The third kappa shape index (κ3) is 4.03. The molecule has 0 amide bonds. The monoisotopic (exact) mass is 456 g/mol. The molecule has 3 aromatic carbocycles. The lowest BCUT2D eigenvalue weighted by Crippen LogP contribution is -1.90. The zero-order valence-electron chi connectivity index (χ0n) is 17.5. The molecule has 1 heterocycles. The van der Waals surface area contributed by atoms with Crippen LogP contribution in [0.3, 0.4) is 0 Å². The molecule has 0 unspecified atom stereocenters. The van der Waals surface area contributed by atoms with Gasteiger partial charge in [-0.1, -0.05) is 0 Å². The molecule has 0 fully saturated rings. The quantitative estimate of drug-likeness (QED) is 0.307. The van der Waals surface area contributed by atoms with Gasteiger partial charge in [0.15, 0.2) is 0 Å². The standard InChI is InChI=1S/C25H19F3O3S/c1-29-14-4-7-17(21(26)10-14)20-13-24(18-8-5-15(30-2)11-22(18)27)32-25(20)19-9-6-16(31-3)12-23(19)28/h4-13H,1-3H3. The Bertz CT molecular complexity index is 1210. The van der Waals surface area contributed by atoms with Crippen LogP contribution in [0.1, 0.15) is 0 Å². The van der Waals surface area contributed by atoms with Crippen molar-refractivity contribution in [2.45, 2.75) is 0 Å².